The minimum absolute atomic E-state index is 0.0000167. The summed E-state index contributed by atoms with van der Waals surface area (Å²) in [5.74, 6) is -5.23. The SMILES string of the molecule is COc1ccc(-c2nnc(Sc3c(F)c(F)nc(F)c3F)n2Cc2ccco2)cc1. The number of rotatable bonds is 6. The van der Waals surface area contributed by atoms with Crippen LogP contribution in [0.5, 0.6) is 5.75 Å². The van der Waals surface area contributed by atoms with Crippen molar-refractivity contribution < 1.29 is 26.7 Å². The van der Waals surface area contributed by atoms with Crippen molar-refractivity contribution in [3.05, 3.63) is 72.0 Å². The third-order valence-corrected chi connectivity index (χ3v) is 5.16. The summed E-state index contributed by atoms with van der Waals surface area (Å²) in [5, 5.41) is 8.04. The second-order valence-electron chi connectivity index (χ2n) is 5.95. The number of hydrogen-bond acceptors (Lipinski definition) is 6. The first kappa shape index (κ1) is 20.0. The van der Waals surface area contributed by atoms with E-state index in [0.717, 1.165) is 0 Å². The maximum absolute atomic E-state index is 14.1. The van der Waals surface area contributed by atoms with Crippen molar-refractivity contribution in [3.63, 3.8) is 0 Å². The lowest BCUT2D eigenvalue weighted by atomic mass is 10.2. The Kier molecular flexibility index (Phi) is 5.44. The Hall–Kier alpha value is -3.34. The summed E-state index contributed by atoms with van der Waals surface area (Å²) in [7, 11) is 1.53. The monoisotopic (exact) mass is 436 g/mol. The molecule has 6 nitrogen and oxygen atoms in total. The van der Waals surface area contributed by atoms with E-state index in [1.807, 2.05) is 0 Å². The van der Waals surface area contributed by atoms with E-state index >= 15 is 0 Å². The summed E-state index contributed by atoms with van der Waals surface area (Å²) in [4.78, 5) is 1.65. The van der Waals surface area contributed by atoms with Crippen LogP contribution in [-0.2, 0) is 6.54 Å². The minimum atomic E-state index is -1.75. The van der Waals surface area contributed by atoms with Crippen molar-refractivity contribution in [2.75, 3.05) is 7.11 Å². The molecular weight excluding hydrogens is 424 g/mol. The van der Waals surface area contributed by atoms with Gasteiger partial charge in [0.25, 0.3) is 11.9 Å². The van der Waals surface area contributed by atoms with Gasteiger partial charge in [0.2, 0.25) is 0 Å². The molecule has 0 bridgehead atoms. The van der Waals surface area contributed by atoms with Gasteiger partial charge in [-0.2, -0.15) is 13.8 Å². The number of ether oxygens (including phenoxy) is 1. The molecule has 0 aliphatic carbocycles. The van der Waals surface area contributed by atoms with E-state index < -0.39 is 28.4 Å². The lowest BCUT2D eigenvalue weighted by molar-refractivity contribution is 0.383. The highest BCUT2D eigenvalue weighted by molar-refractivity contribution is 7.99. The zero-order valence-corrected chi connectivity index (χ0v) is 16.1. The minimum Gasteiger partial charge on any atom is -0.497 e. The molecule has 11 heteroatoms. The smallest absolute Gasteiger partial charge is 0.252 e. The van der Waals surface area contributed by atoms with Gasteiger partial charge in [-0.1, -0.05) is 0 Å². The lowest BCUT2D eigenvalue weighted by Gasteiger charge is -2.10. The molecule has 154 valence electrons. The molecule has 4 rings (SSSR count). The molecule has 0 fully saturated rings. The number of pyridine rings is 1. The van der Waals surface area contributed by atoms with Crippen LogP contribution in [0.1, 0.15) is 5.76 Å². The Morgan fingerprint density at radius 1 is 1.00 bits per heavy atom. The second kappa shape index (κ2) is 8.19. The topological polar surface area (TPSA) is 66.0 Å². The fraction of sp³-hybridized carbons (Fsp3) is 0.105. The normalized spacial score (nSPS) is 11.1. The summed E-state index contributed by atoms with van der Waals surface area (Å²) in [5.41, 5.74) is 0.634. The van der Waals surface area contributed by atoms with E-state index in [9.17, 15) is 17.6 Å². The van der Waals surface area contributed by atoms with Crippen LogP contribution in [0.2, 0.25) is 0 Å². The number of benzene rings is 1. The number of hydrogen-bond donors (Lipinski definition) is 0. The largest absolute Gasteiger partial charge is 0.497 e. The molecule has 0 N–H and O–H groups in total. The van der Waals surface area contributed by atoms with Gasteiger partial charge in [-0.05, 0) is 48.2 Å². The van der Waals surface area contributed by atoms with E-state index in [4.69, 9.17) is 9.15 Å². The van der Waals surface area contributed by atoms with E-state index in [2.05, 4.69) is 15.2 Å². The van der Waals surface area contributed by atoms with Gasteiger partial charge in [0.15, 0.2) is 22.6 Å². The number of methoxy groups -OCH3 is 1. The average Bonchev–Trinajstić information content (AvgIpc) is 3.40. The van der Waals surface area contributed by atoms with E-state index in [1.54, 1.807) is 36.4 Å². The molecule has 0 saturated heterocycles. The second-order valence-corrected chi connectivity index (χ2v) is 6.93. The maximum Gasteiger partial charge on any atom is 0.252 e. The van der Waals surface area contributed by atoms with Gasteiger partial charge >= 0.3 is 0 Å². The molecule has 3 heterocycles. The highest BCUT2D eigenvalue weighted by Crippen LogP contribution is 2.35. The number of furan rings is 1. The van der Waals surface area contributed by atoms with Crippen LogP contribution in [0.3, 0.4) is 0 Å². The first-order valence-electron chi connectivity index (χ1n) is 8.45. The molecule has 0 aliphatic rings. The van der Waals surface area contributed by atoms with Gasteiger partial charge in [0, 0.05) is 5.56 Å². The van der Waals surface area contributed by atoms with Gasteiger partial charge in [-0.25, -0.2) is 8.78 Å². The number of aromatic nitrogens is 4. The summed E-state index contributed by atoms with van der Waals surface area (Å²) >= 11 is 0.394. The van der Waals surface area contributed by atoms with E-state index in [-0.39, 0.29) is 11.7 Å². The third kappa shape index (κ3) is 3.75. The Balaban J connectivity index is 1.79. The van der Waals surface area contributed by atoms with E-state index in [1.165, 1.54) is 17.9 Å². The summed E-state index contributed by atoms with van der Waals surface area (Å²) < 4.78 is 67.2. The molecule has 0 unspecified atom stereocenters. The van der Waals surface area contributed by atoms with Gasteiger partial charge in [0.1, 0.15) is 11.5 Å². The zero-order chi connectivity index (χ0) is 21.3. The Morgan fingerprint density at radius 2 is 1.70 bits per heavy atom. The zero-order valence-electron chi connectivity index (χ0n) is 15.3. The first-order chi connectivity index (χ1) is 14.5. The molecule has 30 heavy (non-hydrogen) atoms. The van der Waals surface area contributed by atoms with Crippen molar-refractivity contribution in [1.29, 1.82) is 0 Å². The van der Waals surface area contributed by atoms with Crippen LogP contribution in [0.4, 0.5) is 17.6 Å². The molecule has 0 atom stereocenters. The van der Waals surface area contributed by atoms with Gasteiger partial charge in [-0.3, -0.25) is 4.57 Å². The van der Waals surface area contributed by atoms with Gasteiger partial charge in [0.05, 0.1) is 24.8 Å². The van der Waals surface area contributed by atoms with E-state index in [0.29, 0.717) is 34.7 Å². The fourth-order valence-electron chi connectivity index (χ4n) is 2.67. The predicted molar refractivity (Wildman–Crippen MR) is 98.0 cm³/mol. The van der Waals surface area contributed by atoms with Crippen molar-refractivity contribution in [2.45, 2.75) is 16.6 Å². The highest BCUT2D eigenvalue weighted by Gasteiger charge is 2.25. The number of nitrogens with zero attached hydrogens (tertiary/aromatic N) is 4. The van der Waals surface area contributed by atoms with Gasteiger partial charge in [-0.15, -0.1) is 10.2 Å². The Morgan fingerprint density at radius 3 is 2.30 bits per heavy atom. The molecule has 0 saturated carbocycles. The standard InChI is InChI=1S/C19H12F4N4O2S/c1-28-11-6-4-10(5-7-11)18-25-26-19(27(18)9-12-3-2-8-29-12)30-15-13(20)16(22)24-17(23)14(15)21/h2-8H,9H2,1H3. The van der Waals surface area contributed by atoms with Crippen LogP contribution in [0.25, 0.3) is 11.4 Å². The van der Waals surface area contributed by atoms with Crippen molar-refractivity contribution in [1.82, 2.24) is 19.7 Å². The fourth-order valence-corrected chi connectivity index (χ4v) is 3.54. The summed E-state index contributed by atoms with van der Waals surface area (Å²) in [6.45, 7) is 0.114. The third-order valence-electron chi connectivity index (χ3n) is 4.11. The molecule has 4 aromatic rings. The average molecular weight is 436 g/mol. The maximum atomic E-state index is 14.1. The molecule has 3 aromatic heterocycles. The lowest BCUT2D eigenvalue weighted by Crippen LogP contribution is -2.06. The summed E-state index contributed by atoms with van der Waals surface area (Å²) in [6, 6.07) is 10.2. The Labute approximate surface area is 171 Å². The van der Waals surface area contributed by atoms with Crippen LogP contribution in [0.15, 0.2) is 57.1 Å². The molecule has 0 aliphatic heterocycles. The molecule has 0 radical (unpaired) electrons. The molecule has 1 aromatic carbocycles. The number of halogens is 4. The van der Waals surface area contributed by atoms with Gasteiger partial charge < -0.3 is 9.15 Å². The quantitative estimate of drug-likeness (QED) is 0.323. The predicted octanol–water partition coefficient (Wildman–Crippen LogP) is 4.70. The van der Waals surface area contributed by atoms with Crippen molar-refractivity contribution >= 4 is 11.8 Å². The molecule has 0 amide bonds. The van der Waals surface area contributed by atoms with Crippen LogP contribution in [-0.4, -0.2) is 26.9 Å². The summed E-state index contributed by atoms with van der Waals surface area (Å²) in [6.07, 6.45) is 1.46. The van der Waals surface area contributed by atoms with Crippen molar-refractivity contribution in [3.8, 4) is 17.1 Å². The first-order valence-corrected chi connectivity index (χ1v) is 9.27. The van der Waals surface area contributed by atoms with Crippen LogP contribution >= 0.6 is 11.8 Å². The van der Waals surface area contributed by atoms with Crippen molar-refractivity contribution in [2.24, 2.45) is 0 Å². The highest BCUT2D eigenvalue weighted by atomic mass is 32.2. The van der Waals surface area contributed by atoms with Crippen LogP contribution in [0, 0.1) is 23.5 Å². The Bertz CT molecular complexity index is 1150. The molecular formula is C19H12F4N4O2S. The molecule has 0 spiro atoms. The van der Waals surface area contributed by atoms with Crippen LogP contribution < -0.4 is 4.74 Å².